The monoisotopic (exact) mass is 492 g/mol. The van der Waals surface area contributed by atoms with Crippen molar-refractivity contribution in [1.29, 1.82) is 0 Å². The summed E-state index contributed by atoms with van der Waals surface area (Å²) in [5, 5.41) is 13.8. The Kier molecular flexibility index (Phi) is 6.13. The van der Waals surface area contributed by atoms with Crippen LogP contribution in [0.4, 0.5) is 0 Å². The maximum Gasteiger partial charge on any atom is 0.270 e. The maximum atomic E-state index is 14.1. The van der Waals surface area contributed by atoms with Gasteiger partial charge < -0.3 is 0 Å². The molecule has 5 rings (SSSR count). The van der Waals surface area contributed by atoms with Crippen LogP contribution in [0.2, 0.25) is 0 Å². The first-order chi connectivity index (χ1) is 17.7. The molecule has 0 aliphatic carbocycles. The summed E-state index contributed by atoms with van der Waals surface area (Å²) in [6, 6.07) is 27.2. The quantitative estimate of drug-likeness (QED) is 0.215. The largest absolute Gasteiger partial charge is 0.285 e. The third kappa shape index (κ3) is 4.30. The van der Waals surface area contributed by atoms with Gasteiger partial charge in [-0.2, -0.15) is 0 Å². The molecular weight excluding hydrogens is 464 g/mol. The fourth-order valence-corrected chi connectivity index (χ4v) is 5.05. The molecule has 0 saturated heterocycles. The minimum Gasteiger partial charge on any atom is -0.285 e. The Morgan fingerprint density at radius 3 is 1.54 bits per heavy atom. The van der Waals surface area contributed by atoms with Crippen LogP contribution in [0.15, 0.2) is 97.1 Å². The third-order valence-electron chi connectivity index (χ3n) is 6.80. The molecule has 0 unspecified atom stereocenters. The molecule has 1 atom stereocenters. The SMILES string of the molecule is CC(C)(C)[C@@H](C(=O)N(O)C(c1ccccc1)c1ccccc1)N1C(=O)c2cc3ccccc3cc2C1=O. The fraction of sp³-hybridized carbons (Fsp3) is 0.194. The van der Waals surface area contributed by atoms with Gasteiger partial charge in [0.1, 0.15) is 12.1 Å². The molecule has 0 aromatic heterocycles. The highest BCUT2D eigenvalue weighted by Gasteiger charge is 2.50. The summed E-state index contributed by atoms with van der Waals surface area (Å²) in [7, 11) is 0. The van der Waals surface area contributed by atoms with Crippen molar-refractivity contribution in [3.05, 3.63) is 119 Å². The Morgan fingerprint density at radius 2 is 1.14 bits per heavy atom. The summed E-state index contributed by atoms with van der Waals surface area (Å²) in [5.41, 5.74) is 1.07. The average molecular weight is 493 g/mol. The lowest BCUT2D eigenvalue weighted by atomic mass is 9.84. The number of benzene rings is 4. The van der Waals surface area contributed by atoms with E-state index in [-0.39, 0.29) is 11.1 Å². The van der Waals surface area contributed by atoms with Crippen molar-refractivity contribution in [3.8, 4) is 0 Å². The first-order valence-electron chi connectivity index (χ1n) is 12.2. The Hall–Kier alpha value is -4.29. The van der Waals surface area contributed by atoms with Gasteiger partial charge in [-0.3, -0.25) is 24.5 Å². The lowest BCUT2D eigenvalue weighted by Crippen LogP contribution is -2.56. The topological polar surface area (TPSA) is 77.9 Å². The van der Waals surface area contributed by atoms with E-state index in [0.717, 1.165) is 15.7 Å². The molecule has 1 heterocycles. The van der Waals surface area contributed by atoms with Crippen LogP contribution in [0.1, 0.15) is 58.7 Å². The van der Waals surface area contributed by atoms with Crippen molar-refractivity contribution >= 4 is 28.5 Å². The third-order valence-corrected chi connectivity index (χ3v) is 6.80. The van der Waals surface area contributed by atoms with Crippen molar-refractivity contribution in [2.45, 2.75) is 32.9 Å². The van der Waals surface area contributed by atoms with E-state index in [1.54, 1.807) is 32.9 Å². The van der Waals surface area contributed by atoms with Crippen molar-refractivity contribution in [2.75, 3.05) is 0 Å². The maximum absolute atomic E-state index is 14.1. The molecule has 4 aromatic carbocycles. The van der Waals surface area contributed by atoms with Crippen LogP contribution < -0.4 is 0 Å². The molecule has 0 radical (unpaired) electrons. The molecule has 3 amide bonds. The highest BCUT2D eigenvalue weighted by molar-refractivity contribution is 6.24. The summed E-state index contributed by atoms with van der Waals surface area (Å²) in [6.45, 7) is 5.34. The van der Waals surface area contributed by atoms with Gasteiger partial charge in [-0.25, -0.2) is 5.06 Å². The van der Waals surface area contributed by atoms with Crippen LogP contribution in [0.25, 0.3) is 10.8 Å². The summed E-state index contributed by atoms with van der Waals surface area (Å²) in [6.07, 6.45) is 0. The van der Waals surface area contributed by atoms with Crippen LogP contribution in [-0.4, -0.2) is 38.9 Å². The number of hydrogen-bond donors (Lipinski definition) is 1. The molecule has 6 nitrogen and oxygen atoms in total. The number of imide groups is 1. The number of hydrogen-bond acceptors (Lipinski definition) is 4. The smallest absolute Gasteiger partial charge is 0.270 e. The second-order valence-electron chi connectivity index (χ2n) is 10.4. The van der Waals surface area contributed by atoms with Crippen molar-refractivity contribution in [3.63, 3.8) is 0 Å². The molecule has 37 heavy (non-hydrogen) atoms. The molecule has 6 heteroatoms. The van der Waals surface area contributed by atoms with E-state index in [9.17, 15) is 19.6 Å². The second kappa shape index (κ2) is 9.30. The lowest BCUT2D eigenvalue weighted by molar-refractivity contribution is -0.181. The van der Waals surface area contributed by atoms with Gasteiger partial charge in [0.25, 0.3) is 17.7 Å². The molecular formula is C31H28N2O4. The lowest BCUT2D eigenvalue weighted by Gasteiger charge is -2.39. The van der Waals surface area contributed by atoms with Gasteiger partial charge in [0.05, 0.1) is 11.1 Å². The van der Waals surface area contributed by atoms with Crippen molar-refractivity contribution in [2.24, 2.45) is 5.41 Å². The molecule has 1 aliphatic heterocycles. The average Bonchev–Trinajstić information content (AvgIpc) is 3.12. The van der Waals surface area contributed by atoms with Crippen LogP contribution in [0.3, 0.4) is 0 Å². The van der Waals surface area contributed by atoms with Crippen LogP contribution in [0, 0.1) is 5.41 Å². The molecule has 0 fully saturated rings. The molecule has 0 bridgehead atoms. The van der Waals surface area contributed by atoms with Gasteiger partial charge in [-0.1, -0.05) is 106 Å². The highest BCUT2D eigenvalue weighted by atomic mass is 16.5. The zero-order chi connectivity index (χ0) is 26.3. The summed E-state index contributed by atoms with van der Waals surface area (Å²) in [4.78, 5) is 42.3. The summed E-state index contributed by atoms with van der Waals surface area (Å²) < 4.78 is 0. The molecule has 4 aromatic rings. The first kappa shape index (κ1) is 24.4. The van der Waals surface area contributed by atoms with Crippen LogP contribution in [0.5, 0.6) is 0 Å². The van der Waals surface area contributed by atoms with E-state index in [1.807, 2.05) is 84.9 Å². The number of fused-ring (bicyclic) bond motifs is 2. The Labute approximate surface area is 215 Å². The van der Waals surface area contributed by atoms with Gasteiger partial charge in [-0.05, 0) is 39.4 Å². The molecule has 1 aliphatic rings. The standard InChI is InChI=1S/C31H28N2O4/c1-31(2,3)27(32-28(34)24-18-22-16-10-11-17-23(22)19-25(24)29(32)35)30(36)33(37)26(20-12-6-4-7-13-20)21-14-8-5-9-15-21/h4-19,26-27,37H,1-3H3/t27-/m1/s1. The predicted molar refractivity (Wildman–Crippen MR) is 141 cm³/mol. The number of carbonyl (C=O) groups excluding carboxylic acids is 3. The van der Waals surface area contributed by atoms with E-state index in [2.05, 4.69) is 0 Å². The fourth-order valence-electron chi connectivity index (χ4n) is 5.05. The van der Waals surface area contributed by atoms with E-state index < -0.39 is 35.2 Å². The Bertz CT molecular complexity index is 1400. The van der Waals surface area contributed by atoms with Crippen molar-refractivity contribution < 1.29 is 19.6 Å². The van der Waals surface area contributed by atoms with E-state index in [1.165, 1.54) is 0 Å². The van der Waals surface area contributed by atoms with Crippen LogP contribution in [-0.2, 0) is 4.79 Å². The molecule has 0 saturated carbocycles. The summed E-state index contributed by atoms with van der Waals surface area (Å²) in [5.74, 6) is -1.81. The highest BCUT2D eigenvalue weighted by Crippen LogP contribution is 2.37. The van der Waals surface area contributed by atoms with Gasteiger partial charge in [0.2, 0.25) is 0 Å². The van der Waals surface area contributed by atoms with Gasteiger partial charge in [0.15, 0.2) is 0 Å². The minimum absolute atomic E-state index is 0.262. The first-order valence-corrected chi connectivity index (χ1v) is 12.2. The molecule has 0 spiro atoms. The minimum atomic E-state index is -1.23. The van der Waals surface area contributed by atoms with E-state index in [4.69, 9.17) is 0 Å². The number of amides is 3. The van der Waals surface area contributed by atoms with E-state index >= 15 is 0 Å². The summed E-state index contributed by atoms with van der Waals surface area (Å²) >= 11 is 0. The van der Waals surface area contributed by atoms with Gasteiger partial charge >= 0.3 is 0 Å². The second-order valence-corrected chi connectivity index (χ2v) is 10.4. The predicted octanol–water partition coefficient (Wildman–Crippen LogP) is 5.86. The number of hydroxylamine groups is 2. The zero-order valence-corrected chi connectivity index (χ0v) is 21.0. The Morgan fingerprint density at radius 1 is 0.730 bits per heavy atom. The number of nitrogens with zero attached hydrogens (tertiary/aromatic N) is 2. The van der Waals surface area contributed by atoms with Crippen molar-refractivity contribution in [1.82, 2.24) is 9.96 Å². The van der Waals surface area contributed by atoms with E-state index in [0.29, 0.717) is 16.2 Å². The number of rotatable bonds is 5. The Balaban J connectivity index is 1.57. The normalized spacial score (nSPS) is 14.2. The molecule has 1 N–H and O–H groups in total. The van der Waals surface area contributed by atoms with Gasteiger partial charge in [-0.15, -0.1) is 0 Å². The number of carbonyl (C=O) groups is 3. The van der Waals surface area contributed by atoms with Gasteiger partial charge in [0, 0.05) is 0 Å². The zero-order valence-electron chi connectivity index (χ0n) is 21.0. The molecule has 186 valence electrons. The van der Waals surface area contributed by atoms with Crippen LogP contribution >= 0.6 is 0 Å².